The number of ether oxygens (including phenoxy) is 1. The van der Waals surface area contributed by atoms with Gasteiger partial charge in [0, 0.05) is 24.0 Å². The molecule has 0 saturated carbocycles. The Morgan fingerprint density at radius 2 is 2.14 bits per heavy atom. The molecule has 3 aromatic rings. The van der Waals surface area contributed by atoms with Gasteiger partial charge in [-0.25, -0.2) is 4.68 Å². The fraction of sp³-hybridized carbons (Fsp3) is 0.133. The second kappa shape index (κ2) is 5.72. The van der Waals surface area contributed by atoms with Crippen molar-refractivity contribution in [1.29, 1.82) is 0 Å². The van der Waals surface area contributed by atoms with Crippen LogP contribution in [0.1, 0.15) is 5.69 Å². The van der Waals surface area contributed by atoms with E-state index in [0.717, 1.165) is 22.7 Å². The topological polar surface area (TPSA) is 73.1 Å². The zero-order chi connectivity index (χ0) is 14.7. The summed E-state index contributed by atoms with van der Waals surface area (Å²) < 4.78 is 6.90. The van der Waals surface area contributed by atoms with Crippen molar-refractivity contribution in [2.24, 2.45) is 0 Å². The fourth-order valence-corrected chi connectivity index (χ4v) is 2.13. The molecule has 21 heavy (non-hydrogen) atoms. The molecule has 0 aliphatic carbocycles. The molecule has 3 rings (SSSR count). The van der Waals surface area contributed by atoms with Gasteiger partial charge in [0.1, 0.15) is 17.1 Å². The van der Waals surface area contributed by atoms with Gasteiger partial charge in [0.15, 0.2) is 0 Å². The van der Waals surface area contributed by atoms with Crippen LogP contribution in [-0.2, 0) is 6.61 Å². The zero-order valence-corrected chi connectivity index (χ0v) is 11.5. The van der Waals surface area contributed by atoms with E-state index in [1.54, 1.807) is 24.2 Å². The highest BCUT2D eigenvalue weighted by atomic mass is 16.5. The minimum absolute atomic E-state index is 0.186. The largest absolute Gasteiger partial charge is 0.497 e. The molecule has 6 heteroatoms. The number of benzene rings is 1. The number of nitrogens with zero attached hydrogens (tertiary/aromatic N) is 4. The number of methoxy groups -OCH3 is 1. The first-order valence-corrected chi connectivity index (χ1v) is 6.43. The molecule has 106 valence electrons. The Balaban J connectivity index is 2.17. The molecule has 0 saturated heterocycles. The molecule has 0 radical (unpaired) electrons. The van der Waals surface area contributed by atoms with E-state index in [0.29, 0.717) is 5.69 Å². The van der Waals surface area contributed by atoms with E-state index in [-0.39, 0.29) is 6.61 Å². The maximum absolute atomic E-state index is 9.48. The predicted octanol–water partition coefficient (Wildman–Crippen LogP) is 1.83. The lowest BCUT2D eigenvalue weighted by atomic mass is 10.1. The summed E-state index contributed by atoms with van der Waals surface area (Å²) in [5, 5.41) is 17.6. The number of pyridine rings is 1. The van der Waals surface area contributed by atoms with Gasteiger partial charge < -0.3 is 9.84 Å². The van der Waals surface area contributed by atoms with Crippen molar-refractivity contribution in [1.82, 2.24) is 20.0 Å². The smallest absolute Gasteiger partial charge is 0.121 e. The van der Waals surface area contributed by atoms with Gasteiger partial charge in [-0.05, 0) is 24.3 Å². The standard InChI is InChI=1S/C15H14N4O2/c1-21-13-6-2-5-12(8-13)19-15(14(10-20)17-18-19)11-4-3-7-16-9-11/h2-9,20H,10H2,1H3. The molecule has 0 aliphatic rings. The van der Waals surface area contributed by atoms with E-state index in [9.17, 15) is 5.11 Å². The van der Waals surface area contributed by atoms with Gasteiger partial charge in [0.2, 0.25) is 0 Å². The number of aromatic nitrogens is 4. The Morgan fingerprint density at radius 3 is 2.86 bits per heavy atom. The Bertz CT molecular complexity index is 740. The number of hydrogen-bond donors (Lipinski definition) is 1. The molecule has 1 N–H and O–H groups in total. The SMILES string of the molecule is COc1cccc(-n2nnc(CO)c2-c2cccnc2)c1. The van der Waals surface area contributed by atoms with Crippen molar-refractivity contribution in [3.63, 3.8) is 0 Å². The third kappa shape index (κ3) is 2.48. The first-order chi connectivity index (χ1) is 10.3. The van der Waals surface area contributed by atoms with Crippen LogP contribution in [0.15, 0.2) is 48.8 Å². The third-order valence-corrected chi connectivity index (χ3v) is 3.12. The maximum Gasteiger partial charge on any atom is 0.121 e. The van der Waals surface area contributed by atoms with Crippen molar-refractivity contribution >= 4 is 0 Å². The summed E-state index contributed by atoms with van der Waals surface area (Å²) in [6, 6.07) is 11.2. The van der Waals surface area contributed by atoms with E-state index >= 15 is 0 Å². The fourth-order valence-electron chi connectivity index (χ4n) is 2.13. The number of rotatable bonds is 4. The maximum atomic E-state index is 9.48. The van der Waals surface area contributed by atoms with E-state index in [2.05, 4.69) is 15.3 Å². The number of aliphatic hydroxyl groups excluding tert-OH is 1. The van der Waals surface area contributed by atoms with Crippen LogP contribution in [0.3, 0.4) is 0 Å². The van der Waals surface area contributed by atoms with Gasteiger partial charge in [-0.1, -0.05) is 11.3 Å². The van der Waals surface area contributed by atoms with Crippen LogP contribution in [0, 0.1) is 0 Å². The van der Waals surface area contributed by atoms with Crippen molar-refractivity contribution < 1.29 is 9.84 Å². The highest BCUT2D eigenvalue weighted by Gasteiger charge is 2.16. The highest BCUT2D eigenvalue weighted by Crippen LogP contribution is 2.26. The van der Waals surface area contributed by atoms with Crippen LogP contribution in [0.25, 0.3) is 16.9 Å². The van der Waals surface area contributed by atoms with Gasteiger partial charge in [-0.2, -0.15) is 0 Å². The summed E-state index contributed by atoms with van der Waals surface area (Å²) in [6.45, 7) is -0.186. The zero-order valence-electron chi connectivity index (χ0n) is 11.5. The molecule has 6 nitrogen and oxygen atoms in total. The van der Waals surface area contributed by atoms with E-state index in [4.69, 9.17) is 4.74 Å². The molecule has 2 aromatic heterocycles. The minimum Gasteiger partial charge on any atom is -0.497 e. The molecule has 2 heterocycles. The highest BCUT2D eigenvalue weighted by molar-refractivity contribution is 5.63. The molecule has 0 amide bonds. The summed E-state index contributed by atoms with van der Waals surface area (Å²) in [7, 11) is 1.61. The van der Waals surface area contributed by atoms with E-state index in [1.165, 1.54) is 0 Å². The average Bonchev–Trinajstić information content (AvgIpc) is 2.99. The number of hydrogen-bond acceptors (Lipinski definition) is 5. The molecule has 0 aliphatic heterocycles. The minimum atomic E-state index is -0.186. The third-order valence-electron chi connectivity index (χ3n) is 3.12. The van der Waals surface area contributed by atoms with Crippen LogP contribution in [-0.4, -0.2) is 32.2 Å². The Morgan fingerprint density at radius 1 is 1.24 bits per heavy atom. The van der Waals surface area contributed by atoms with Crippen LogP contribution < -0.4 is 4.74 Å². The molecule has 1 aromatic carbocycles. The summed E-state index contributed by atoms with van der Waals surface area (Å²) in [5.74, 6) is 0.727. The monoisotopic (exact) mass is 282 g/mol. The Labute approximate surface area is 121 Å². The summed E-state index contributed by atoms with van der Waals surface area (Å²) in [6.07, 6.45) is 3.41. The van der Waals surface area contributed by atoms with Crippen LogP contribution in [0.4, 0.5) is 0 Å². The summed E-state index contributed by atoms with van der Waals surface area (Å²) in [5.41, 5.74) is 2.87. The molecule has 0 unspecified atom stereocenters. The van der Waals surface area contributed by atoms with Gasteiger partial charge in [0.25, 0.3) is 0 Å². The first kappa shape index (κ1) is 13.3. The lowest BCUT2D eigenvalue weighted by Crippen LogP contribution is -2.01. The molecule has 0 spiro atoms. The Kier molecular flexibility index (Phi) is 3.61. The molecular formula is C15H14N4O2. The second-order valence-electron chi connectivity index (χ2n) is 4.40. The molecule has 0 atom stereocenters. The van der Waals surface area contributed by atoms with Gasteiger partial charge in [-0.3, -0.25) is 4.98 Å². The molecular weight excluding hydrogens is 268 g/mol. The van der Waals surface area contributed by atoms with E-state index < -0.39 is 0 Å². The normalized spacial score (nSPS) is 10.6. The van der Waals surface area contributed by atoms with Crippen molar-refractivity contribution in [3.8, 4) is 22.7 Å². The predicted molar refractivity (Wildman–Crippen MR) is 77.1 cm³/mol. The lowest BCUT2D eigenvalue weighted by Gasteiger charge is -2.08. The summed E-state index contributed by atoms with van der Waals surface area (Å²) in [4.78, 5) is 4.11. The second-order valence-corrected chi connectivity index (χ2v) is 4.40. The molecule has 0 bridgehead atoms. The van der Waals surface area contributed by atoms with Crippen molar-refractivity contribution in [2.45, 2.75) is 6.61 Å². The van der Waals surface area contributed by atoms with Crippen LogP contribution >= 0.6 is 0 Å². The summed E-state index contributed by atoms with van der Waals surface area (Å²) >= 11 is 0. The van der Waals surface area contributed by atoms with Crippen molar-refractivity contribution in [3.05, 3.63) is 54.5 Å². The number of aliphatic hydroxyl groups is 1. The van der Waals surface area contributed by atoms with Crippen LogP contribution in [0.5, 0.6) is 5.75 Å². The van der Waals surface area contributed by atoms with Crippen LogP contribution in [0.2, 0.25) is 0 Å². The Hall–Kier alpha value is -2.73. The average molecular weight is 282 g/mol. The first-order valence-electron chi connectivity index (χ1n) is 6.43. The van der Waals surface area contributed by atoms with E-state index in [1.807, 2.05) is 36.4 Å². The lowest BCUT2D eigenvalue weighted by molar-refractivity contribution is 0.277. The van der Waals surface area contributed by atoms with Gasteiger partial charge in [-0.15, -0.1) is 5.10 Å². The van der Waals surface area contributed by atoms with Gasteiger partial charge in [0.05, 0.1) is 19.4 Å². The quantitative estimate of drug-likeness (QED) is 0.790. The molecule has 0 fully saturated rings. The van der Waals surface area contributed by atoms with Gasteiger partial charge >= 0.3 is 0 Å². The van der Waals surface area contributed by atoms with Crippen molar-refractivity contribution in [2.75, 3.05) is 7.11 Å².